The van der Waals surface area contributed by atoms with Gasteiger partial charge in [0.2, 0.25) is 0 Å². The predicted molar refractivity (Wildman–Crippen MR) is 100 cm³/mol. The van der Waals surface area contributed by atoms with Crippen LogP contribution in [-0.4, -0.2) is 6.66 Å². The van der Waals surface area contributed by atoms with E-state index < -0.39 is 7.26 Å². The number of halogens is 3. The first kappa shape index (κ1) is 18.9. The van der Waals surface area contributed by atoms with Crippen molar-refractivity contribution in [3.05, 3.63) is 95.3 Å². The van der Waals surface area contributed by atoms with E-state index in [1.165, 1.54) is 16.7 Å². The van der Waals surface area contributed by atoms with Crippen LogP contribution >= 0.6 is 18.9 Å². The smallest absolute Gasteiger partial charge is 0.131 e. The molecule has 0 N–H and O–H groups in total. The van der Waals surface area contributed by atoms with Gasteiger partial charge in [-0.3, -0.25) is 0 Å². The van der Waals surface area contributed by atoms with Crippen molar-refractivity contribution in [1.29, 1.82) is 0 Å². The van der Waals surface area contributed by atoms with Crippen molar-refractivity contribution in [2.24, 2.45) is 0 Å². The fraction of sp³-hybridized carbons (Fsp3) is 0.100. The molecule has 0 amide bonds. The van der Waals surface area contributed by atoms with Gasteiger partial charge in [0, 0.05) is 5.56 Å². The molecule has 0 radical (unpaired) electrons. The van der Waals surface area contributed by atoms with E-state index >= 15 is 0 Å². The highest BCUT2D eigenvalue weighted by atomic mass is 35.5. The minimum atomic E-state index is -1.77. The summed E-state index contributed by atoms with van der Waals surface area (Å²) in [6, 6.07) is 25.6. The van der Waals surface area contributed by atoms with Crippen LogP contribution in [0.4, 0.5) is 4.39 Å². The number of rotatable bonds is 4. The number of hydrogen-bond acceptors (Lipinski definition) is 0. The van der Waals surface area contributed by atoms with E-state index in [-0.39, 0.29) is 18.2 Å². The first-order valence-electron chi connectivity index (χ1n) is 7.51. The Morgan fingerprint density at radius 2 is 1.29 bits per heavy atom. The number of hydrogen-bond donors (Lipinski definition) is 0. The van der Waals surface area contributed by atoms with Gasteiger partial charge in [-0.05, 0) is 36.4 Å². The summed E-state index contributed by atoms with van der Waals surface area (Å²) < 4.78 is 14.3. The van der Waals surface area contributed by atoms with E-state index in [0.29, 0.717) is 16.7 Å². The Labute approximate surface area is 154 Å². The van der Waals surface area contributed by atoms with Crippen molar-refractivity contribution in [2.75, 3.05) is 6.66 Å². The monoisotopic (exact) mass is 378 g/mol. The zero-order valence-electron chi connectivity index (χ0n) is 13.3. The molecule has 0 unspecified atom stereocenters. The van der Waals surface area contributed by atoms with Gasteiger partial charge in [-0.1, -0.05) is 54.1 Å². The Morgan fingerprint density at radius 1 is 0.792 bits per heavy atom. The third-order valence-corrected chi connectivity index (χ3v) is 8.37. The standard InChI is InChI=1S/C20H18ClFP.ClH/c1-23(16-9-4-2-5-10-16,17-11-6-3-7-12-17)15-18-19(21)13-8-14-20(18)22;/h2-14H,15H2,1H3;1H/q+1;/p-1. The predicted octanol–water partition coefficient (Wildman–Crippen LogP) is 2.28. The van der Waals surface area contributed by atoms with Crippen LogP contribution in [-0.2, 0) is 6.16 Å². The minimum absolute atomic E-state index is 0. The molecular formula is C20H18Cl2FP. The maximum Gasteiger partial charge on any atom is 0.131 e. The van der Waals surface area contributed by atoms with Gasteiger partial charge in [0.05, 0.1) is 35.7 Å². The van der Waals surface area contributed by atoms with Crippen LogP contribution in [0.3, 0.4) is 0 Å². The Bertz CT molecular complexity index is 731. The molecule has 0 saturated heterocycles. The average molecular weight is 379 g/mol. The van der Waals surface area contributed by atoms with Crippen LogP contribution in [0, 0.1) is 5.82 Å². The molecule has 3 aromatic carbocycles. The molecule has 0 aromatic heterocycles. The van der Waals surface area contributed by atoms with Gasteiger partial charge in [-0.25, -0.2) is 4.39 Å². The van der Waals surface area contributed by atoms with Gasteiger partial charge in [0.25, 0.3) is 0 Å². The van der Waals surface area contributed by atoms with Gasteiger partial charge in [-0.2, -0.15) is 0 Å². The van der Waals surface area contributed by atoms with Crippen LogP contribution < -0.4 is 23.0 Å². The zero-order chi connectivity index (χ0) is 16.3. The summed E-state index contributed by atoms with van der Waals surface area (Å²) in [5.41, 5.74) is 0.609. The van der Waals surface area contributed by atoms with Gasteiger partial charge in [-0.15, -0.1) is 0 Å². The third-order valence-electron chi connectivity index (χ3n) is 4.19. The lowest BCUT2D eigenvalue weighted by Gasteiger charge is -2.24. The normalized spacial score (nSPS) is 11.0. The molecule has 0 atom stereocenters. The fourth-order valence-corrected chi connectivity index (χ4v) is 6.45. The second-order valence-corrected chi connectivity index (χ2v) is 9.86. The topological polar surface area (TPSA) is 0 Å². The van der Waals surface area contributed by atoms with Gasteiger partial charge in [0.1, 0.15) is 5.82 Å². The molecule has 0 saturated carbocycles. The summed E-state index contributed by atoms with van der Waals surface area (Å²) in [5, 5.41) is 3.01. The lowest BCUT2D eigenvalue weighted by atomic mass is 10.2. The highest BCUT2D eigenvalue weighted by Crippen LogP contribution is 2.56. The van der Waals surface area contributed by atoms with Crippen molar-refractivity contribution in [2.45, 2.75) is 6.16 Å². The largest absolute Gasteiger partial charge is 1.00 e. The lowest BCUT2D eigenvalue weighted by molar-refractivity contribution is -0.00000508. The molecule has 0 bridgehead atoms. The summed E-state index contributed by atoms with van der Waals surface area (Å²) in [6.07, 6.45) is 0.618. The molecule has 0 aliphatic heterocycles. The Morgan fingerprint density at radius 3 is 1.75 bits per heavy atom. The quantitative estimate of drug-likeness (QED) is 0.611. The van der Waals surface area contributed by atoms with Gasteiger partial charge < -0.3 is 12.4 Å². The molecule has 3 rings (SSSR count). The molecule has 0 heterocycles. The second kappa shape index (κ2) is 8.12. The van der Waals surface area contributed by atoms with Crippen LogP contribution in [0.15, 0.2) is 78.9 Å². The van der Waals surface area contributed by atoms with E-state index in [9.17, 15) is 4.39 Å². The molecule has 4 heteroatoms. The van der Waals surface area contributed by atoms with E-state index in [1.54, 1.807) is 12.1 Å². The van der Waals surface area contributed by atoms with Crippen molar-refractivity contribution in [1.82, 2.24) is 0 Å². The highest BCUT2D eigenvalue weighted by molar-refractivity contribution is 7.88. The number of benzene rings is 3. The molecule has 3 aromatic rings. The van der Waals surface area contributed by atoms with Gasteiger partial charge in [0.15, 0.2) is 0 Å². The van der Waals surface area contributed by atoms with Crippen LogP contribution in [0.5, 0.6) is 0 Å². The summed E-state index contributed by atoms with van der Waals surface area (Å²) in [7, 11) is -1.77. The maximum atomic E-state index is 14.3. The summed E-state index contributed by atoms with van der Waals surface area (Å²) in [5.74, 6) is -0.226. The molecule has 0 nitrogen and oxygen atoms in total. The summed E-state index contributed by atoms with van der Waals surface area (Å²) >= 11 is 6.29. The summed E-state index contributed by atoms with van der Waals surface area (Å²) in [6.45, 7) is 2.25. The third kappa shape index (κ3) is 3.81. The molecular weight excluding hydrogens is 361 g/mol. The Kier molecular flexibility index (Phi) is 6.40. The average Bonchev–Trinajstić information content (AvgIpc) is 2.60. The Balaban J connectivity index is 0.00000208. The van der Waals surface area contributed by atoms with Crippen LogP contribution in [0.2, 0.25) is 5.02 Å². The van der Waals surface area contributed by atoms with Crippen LogP contribution in [0.1, 0.15) is 5.56 Å². The summed E-state index contributed by atoms with van der Waals surface area (Å²) in [4.78, 5) is 0. The van der Waals surface area contributed by atoms with Crippen molar-refractivity contribution in [3.8, 4) is 0 Å². The second-order valence-electron chi connectivity index (χ2n) is 5.72. The van der Waals surface area contributed by atoms with E-state index in [4.69, 9.17) is 11.6 Å². The highest BCUT2D eigenvalue weighted by Gasteiger charge is 2.38. The molecule has 0 spiro atoms. The van der Waals surface area contributed by atoms with E-state index in [2.05, 4.69) is 30.9 Å². The Hall–Kier alpha value is -1.40. The van der Waals surface area contributed by atoms with Crippen molar-refractivity contribution >= 4 is 29.5 Å². The molecule has 0 aliphatic carbocycles. The van der Waals surface area contributed by atoms with Crippen molar-refractivity contribution < 1.29 is 16.8 Å². The van der Waals surface area contributed by atoms with E-state index in [1.807, 2.05) is 36.4 Å². The van der Waals surface area contributed by atoms with Gasteiger partial charge >= 0.3 is 0 Å². The minimum Gasteiger partial charge on any atom is -1.00 e. The van der Waals surface area contributed by atoms with Crippen LogP contribution in [0.25, 0.3) is 0 Å². The fourth-order valence-electron chi connectivity index (χ4n) is 2.85. The molecule has 24 heavy (non-hydrogen) atoms. The lowest BCUT2D eigenvalue weighted by Crippen LogP contribution is -3.00. The first-order valence-corrected chi connectivity index (χ1v) is 10.3. The maximum absolute atomic E-state index is 14.3. The first-order chi connectivity index (χ1) is 11.1. The zero-order valence-corrected chi connectivity index (χ0v) is 15.7. The SMILES string of the molecule is C[P+](Cc1c(F)cccc1Cl)(c1ccccc1)c1ccccc1.[Cl-]. The molecule has 0 aliphatic rings. The van der Waals surface area contributed by atoms with Crippen molar-refractivity contribution in [3.63, 3.8) is 0 Å². The molecule has 0 fully saturated rings. The van der Waals surface area contributed by atoms with E-state index in [0.717, 1.165) is 0 Å². The molecule has 124 valence electrons.